The summed E-state index contributed by atoms with van der Waals surface area (Å²) >= 11 is 1.39. The molecule has 1 aromatic carbocycles. The summed E-state index contributed by atoms with van der Waals surface area (Å²) in [6.07, 6.45) is 0. The van der Waals surface area contributed by atoms with Crippen LogP contribution in [0.1, 0.15) is 22.4 Å². The number of thiazole rings is 1. The number of hydrogen-bond acceptors (Lipinski definition) is 7. The van der Waals surface area contributed by atoms with E-state index < -0.39 is 0 Å². The van der Waals surface area contributed by atoms with Crippen LogP contribution in [0.2, 0.25) is 0 Å². The third-order valence-corrected chi connectivity index (χ3v) is 5.31. The van der Waals surface area contributed by atoms with Crippen LogP contribution in [-0.4, -0.2) is 59.6 Å². The molecule has 0 aliphatic carbocycles. The number of amides is 2. The van der Waals surface area contributed by atoms with E-state index in [-0.39, 0.29) is 25.2 Å². The highest BCUT2D eigenvalue weighted by Gasteiger charge is 2.24. The van der Waals surface area contributed by atoms with Gasteiger partial charge in [-0.05, 0) is 12.1 Å². The zero-order valence-corrected chi connectivity index (χ0v) is 15.7. The Hall–Kier alpha value is -2.81. The van der Waals surface area contributed by atoms with Gasteiger partial charge >= 0.3 is 0 Å². The smallest absolute Gasteiger partial charge is 0.273 e. The van der Waals surface area contributed by atoms with Gasteiger partial charge in [0.15, 0.2) is 11.5 Å². The van der Waals surface area contributed by atoms with Crippen LogP contribution in [0.3, 0.4) is 0 Å². The van der Waals surface area contributed by atoms with Gasteiger partial charge in [-0.2, -0.15) is 0 Å². The molecule has 1 saturated heterocycles. The number of nitrogens with zero attached hydrogens (tertiary/aromatic N) is 3. The zero-order chi connectivity index (χ0) is 18.8. The first-order valence-corrected chi connectivity index (χ1v) is 9.50. The fourth-order valence-electron chi connectivity index (χ4n) is 2.97. The number of carbonyl (C=O) groups excluding carboxylic acids is 2. The highest BCUT2D eigenvalue weighted by atomic mass is 32.1. The molecule has 27 heavy (non-hydrogen) atoms. The lowest BCUT2D eigenvalue weighted by atomic mass is 10.3. The molecule has 2 aliphatic heterocycles. The van der Waals surface area contributed by atoms with Gasteiger partial charge < -0.3 is 24.0 Å². The molecule has 4 rings (SSSR count). The minimum Gasteiger partial charge on any atom is -0.486 e. The molecular weight excluding hydrogens is 370 g/mol. The summed E-state index contributed by atoms with van der Waals surface area (Å²) in [5.41, 5.74) is 0.417. The van der Waals surface area contributed by atoms with Crippen LogP contribution in [0, 0.1) is 0 Å². The van der Waals surface area contributed by atoms with Crippen molar-refractivity contribution in [2.45, 2.75) is 13.5 Å². The van der Waals surface area contributed by atoms with Crippen LogP contribution in [0.15, 0.2) is 23.6 Å². The topological polar surface area (TPSA) is 81.2 Å². The van der Waals surface area contributed by atoms with E-state index in [0.717, 1.165) is 5.01 Å². The monoisotopic (exact) mass is 389 g/mol. The molecule has 8 nitrogen and oxygen atoms in total. The molecule has 1 aromatic heterocycles. The first kappa shape index (κ1) is 17.6. The maximum Gasteiger partial charge on any atom is 0.273 e. The minimum atomic E-state index is -0.108. The molecule has 0 atom stereocenters. The first-order valence-electron chi connectivity index (χ1n) is 8.62. The lowest BCUT2D eigenvalue weighted by Gasteiger charge is -2.33. The summed E-state index contributed by atoms with van der Waals surface area (Å²) in [5.74, 6) is 1.95. The van der Waals surface area contributed by atoms with E-state index in [0.29, 0.717) is 49.1 Å². The van der Waals surface area contributed by atoms with Gasteiger partial charge in [0.25, 0.3) is 5.91 Å². The summed E-state index contributed by atoms with van der Waals surface area (Å²) < 4.78 is 16.3. The fourth-order valence-corrected chi connectivity index (χ4v) is 3.65. The largest absolute Gasteiger partial charge is 0.486 e. The van der Waals surface area contributed by atoms with Gasteiger partial charge in [0.1, 0.15) is 23.1 Å². The highest BCUT2D eigenvalue weighted by molar-refractivity contribution is 7.09. The lowest BCUT2D eigenvalue weighted by Crippen LogP contribution is -2.50. The molecule has 0 bridgehead atoms. The fraction of sp³-hybridized carbons (Fsp3) is 0.389. The van der Waals surface area contributed by atoms with Crippen molar-refractivity contribution in [1.29, 1.82) is 0 Å². The molecule has 0 N–H and O–H groups in total. The third kappa shape index (κ3) is 3.82. The van der Waals surface area contributed by atoms with Gasteiger partial charge in [0.05, 0.1) is 0 Å². The maximum absolute atomic E-state index is 12.6. The van der Waals surface area contributed by atoms with E-state index in [4.69, 9.17) is 14.2 Å². The molecule has 0 saturated carbocycles. The van der Waals surface area contributed by atoms with Crippen molar-refractivity contribution in [3.8, 4) is 17.2 Å². The van der Waals surface area contributed by atoms with Gasteiger partial charge in [0.2, 0.25) is 12.7 Å². The molecule has 0 radical (unpaired) electrons. The SMILES string of the molecule is CC(=O)N1CCN(C(=O)c2csc(COc3ccc4c(c3)OCO4)n2)CC1. The third-order valence-electron chi connectivity index (χ3n) is 4.49. The van der Waals surface area contributed by atoms with Gasteiger partial charge in [-0.15, -0.1) is 11.3 Å². The second kappa shape index (κ2) is 7.43. The predicted molar refractivity (Wildman–Crippen MR) is 97.2 cm³/mol. The number of hydrogen-bond donors (Lipinski definition) is 0. The summed E-state index contributed by atoms with van der Waals surface area (Å²) in [7, 11) is 0. The van der Waals surface area contributed by atoms with Gasteiger partial charge in [-0.3, -0.25) is 9.59 Å². The summed E-state index contributed by atoms with van der Waals surface area (Å²) in [6.45, 7) is 4.21. The normalized spacial score (nSPS) is 15.7. The number of piperazine rings is 1. The molecule has 0 spiro atoms. The lowest BCUT2D eigenvalue weighted by molar-refractivity contribution is -0.130. The van der Waals surface area contributed by atoms with E-state index in [1.807, 2.05) is 6.07 Å². The van der Waals surface area contributed by atoms with Crippen LogP contribution in [0.5, 0.6) is 17.2 Å². The number of carbonyl (C=O) groups is 2. The van der Waals surface area contributed by atoms with Crippen molar-refractivity contribution in [2.24, 2.45) is 0 Å². The average molecular weight is 389 g/mol. The Morgan fingerprint density at radius 3 is 2.67 bits per heavy atom. The van der Waals surface area contributed by atoms with Crippen molar-refractivity contribution in [1.82, 2.24) is 14.8 Å². The van der Waals surface area contributed by atoms with Crippen LogP contribution >= 0.6 is 11.3 Å². The van der Waals surface area contributed by atoms with Crippen LogP contribution < -0.4 is 14.2 Å². The number of aromatic nitrogens is 1. The Morgan fingerprint density at radius 2 is 1.89 bits per heavy atom. The number of benzene rings is 1. The molecule has 2 aromatic rings. The molecule has 3 heterocycles. The molecule has 9 heteroatoms. The van der Waals surface area contributed by atoms with Crippen molar-refractivity contribution >= 4 is 23.2 Å². The molecule has 2 amide bonds. The second-order valence-electron chi connectivity index (χ2n) is 6.23. The van der Waals surface area contributed by atoms with Crippen LogP contribution in [0.25, 0.3) is 0 Å². The Morgan fingerprint density at radius 1 is 1.15 bits per heavy atom. The number of ether oxygens (including phenoxy) is 3. The van der Waals surface area contributed by atoms with Gasteiger partial charge in [0, 0.05) is 44.5 Å². The highest BCUT2D eigenvalue weighted by Crippen LogP contribution is 2.35. The molecular formula is C18H19N3O5S. The number of fused-ring (bicyclic) bond motifs is 1. The van der Waals surface area contributed by atoms with E-state index in [1.54, 1.807) is 34.2 Å². The summed E-state index contributed by atoms with van der Waals surface area (Å²) in [6, 6.07) is 5.38. The standard InChI is InChI=1S/C18H19N3O5S/c1-12(22)20-4-6-21(7-5-20)18(23)14-10-27-17(19-14)9-24-13-2-3-15-16(8-13)26-11-25-15/h2-3,8,10H,4-7,9,11H2,1H3. The molecule has 142 valence electrons. The Labute approximate surface area is 160 Å². The van der Waals surface area contributed by atoms with E-state index >= 15 is 0 Å². The quantitative estimate of drug-likeness (QED) is 0.793. The minimum absolute atomic E-state index is 0.0405. The van der Waals surface area contributed by atoms with Crippen LogP contribution in [0.4, 0.5) is 0 Å². The predicted octanol–water partition coefficient (Wildman–Crippen LogP) is 1.76. The molecule has 0 unspecified atom stereocenters. The summed E-state index contributed by atoms with van der Waals surface area (Å²) in [4.78, 5) is 31.8. The van der Waals surface area contributed by atoms with E-state index in [9.17, 15) is 9.59 Å². The Bertz CT molecular complexity index is 860. The van der Waals surface area contributed by atoms with E-state index in [2.05, 4.69) is 4.98 Å². The van der Waals surface area contributed by atoms with Gasteiger partial charge in [-0.25, -0.2) is 4.98 Å². The summed E-state index contributed by atoms with van der Waals surface area (Å²) in [5, 5.41) is 2.47. The maximum atomic E-state index is 12.6. The Kier molecular flexibility index (Phi) is 4.85. The Balaban J connectivity index is 1.33. The zero-order valence-electron chi connectivity index (χ0n) is 14.8. The first-order chi connectivity index (χ1) is 13.1. The molecule has 1 fully saturated rings. The van der Waals surface area contributed by atoms with Crippen molar-refractivity contribution in [2.75, 3.05) is 33.0 Å². The number of rotatable bonds is 4. The van der Waals surface area contributed by atoms with Crippen molar-refractivity contribution in [3.05, 3.63) is 34.3 Å². The van der Waals surface area contributed by atoms with E-state index in [1.165, 1.54) is 11.3 Å². The van der Waals surface area contributed by atoms with Crippen molar-refractivity contribution < 1.29 is 23.8 Å². The van der Waals surface area contributed by atoms with Gasteiger partial charge in [-0.1, -0.05) is 0 Å². The van der Waals surface area contributed by atoms with Crippen molar-refractivity contribution in [3.63, 3.8) is 0 Å². The van der Waals surface area contributed by atoms with Crippen LogP contribution in [-0.2, 0) is 11.4 Å². The average Bonchev–Trinajstić information content (AvgIpc) is 3.34. The molecule has 2 aliphatic rings. The second-order valence-corrected chi connectivity index (χ2v) is 7.17.